The topological polar surface area (TPSA) is 80.1 Å². The Balaban J connectivity index is 1.33. The fourth-order valence-electron chi connectivity index (χ4n) is 4.82. The standard InChI is InChI=1S/C26H28FN7O/c1-16-21(15-30-26-22(16)14-28-4-8-35-26)20-9-17-11-24(29-13-18(17)10-23(20)27)31-25-12-19-3-5-33(2)6-7-34(19)32-25/h9-13,15,28H,3-8,14H2,1-2H3,(H,29,31,32). The predicted octanol–water partition coefficient (Wildman–Crippen LogP) is 3.65. The number of aromatic nitrogens is 4. The molecular weight excluding hydrogens is 445 g/mol. The number of fused-ring (bicyclic) bond motifs is 3. The molecule has 5 heterocycles. The molecule has 2 aliphatic rings. The van der Waals surface area contributed by atoms with E-state index in [2.05, 4.69) is 43.3 Å². The van der Waals surface area contributed by atoms with E-state index in [1.54, 1.807) is 12.4 Å². The minimum atomic E-state index is -0.296. The van der Waals surface area contributed by atoms with Crippen molar-refractivity contribution < 1.29 is 9.13 Å². The number of benzene rings is 1. The van der Waals surface area contributed by atoms with Crippen LogP contribution in [0.15, 0.2) is 36.7 Å². The second-order valence-electron chi connectivity index (χ2n) is 9.28. The highest BCUT2D eigenvalue weighted by atomic mass is 19.1. The zero-order valence-corrected chi connectivity index (χ0v) is 19.9. The molecule has 0 fully saturated rings. The Morgan fingerprint density at radius 1 is 1.00 bits per heavy atom. The van der Waals surface area contributed by atoms with Gasteiger partial charge < -0.3 is 20.3 Å². The maximum absolute atomic E-state index is 15.2. The summed E-state index contributed by atoms with van der Waals surface area (Å²) in [5, 5.41) is 13.0. The lowest BCUT2D eigenvalue weighted by atomic mass is 9.96. The number of anilines is 2. The summed E-state index contributed by atoms with van der Waals surface area (Å²) in [6.45, 7) is 6.85. The largest absolute Gasteiger partial charge is 0.476 e. The van der Waals surface area contributed by atoms with Crippen molar-refractivity contribution in [2.75, 3.05) is 38.6 Å². The molecule has 9 heteroatoms. The number of hydrogen-bond donors (Lipinski definition) is 2. The molecule has 0 unspecified atom stereocenters. The lowest BCUT2D eigenvalue weighted by Crippen LogP contribution is -2.21. The van der Waals surface area contributed by atoms with Gasteiger partial charge in [0.15, 0.2) is 5.82 Å². The fraction of sp³-hybridized carbons (Fsp3) is 0.346. The molecule has 3 aromatic heterocycles. The summed E-state index contributed by atoms with van der Waals surface area (Å²) in [4.78, 5) is 11.3. The first-order valence-electron chi connectivity index (χ1n) is 12.0. The van der Waals surface area contributed by atoms with Gasteiger partial charge in [0.1, 0.15) is 18.2 Å². The molecule has 0 spiro atoms. The number of rotatable bonds is 3. The quantitative estimate of drug-likeness (QED) is 0.470. The number of nitrogens with zero attached hydrogens (tertiary/aromatic N) is 5. The fourth-order valence-corrected chi connectivity index (χ4v) is 4.82. The maximum Gasteiger partial charge on any atom is 0.218 e. The molecule has 35 heavy (non-hydrogen) atoms. The summed E-state index contributed by atoms with van der Waals surface area (Å²) in [7, 11) is 2.13. The number of halogens is 1. The van der Waals surface area contributed by atoms with Crippen molar-refractivity contribution in [1.82, 2.24) is 30.0 Å². The third kappa shape index (κ3) is 4.21. The Morgan fingerprint density at radius 2 is 1.91 bits per heavy atom. The van der Waals surface area contributed by atoms with Crippen molar-refractivity contribution >= 4 is 22.4 Å². The lowest BCUT2D eigenvalue weighted by molar-refractivity contribution is 0.314. The molecule has 1 aromatic carbocycles. The van der Waals surface area contributed by atoms with Gasteiger partial charge in [-0.05, 0) is 43.1 Å². The molecule has 0 amide bonds. The molecule has 4 aromatic rings. The monoisotopic (exact) mass is 473 g/mol. The van der Waals surface area contributed by atoms with Crippen LogP contribution in [-0.4, -0.2) is 57.9 Å². The van der Waals surface area contributed by atoms with Gasteiger partial charge in [-0.15, -0.1) is 0 Å². The number of likely N-dealkylation sites (N-methyl/N-ethyl adjacent to an activating group) is 1. The van der Waals surface area contributed by atoms with E-state index in [9.17, 15) is 0 Å². The molecule has 0 bridgehead atoms. The van der Waals surface area contributed by atoms with Crippen LogP contribution in [0.25, 0.3) is 21.9 Å². The highest BCUT2D eigenvalue weighted by Crippen LogP contribution is 2.34. The van der Waals surface area contributed by atoms with Crippen LogP contribution in [0.1, 0.15) is 16.8 Å². The van der Waals surface area contributed by atoms with Gasteiger partial charge in [0.2, 0.25) is 5.88 Å². The van der Waals surface area contributed by atoms with E-state index < -0.39 is 0 Å². The van der Waals surface area contributed by atoms with E-state index in [0.717, 1.165) is 65.9 Å². The smallest absolute Gasteiger partial charge is 0.218 e. The van der Waals surface area contributed by atoms with Crippen LogP contribution in [0.5, 0.6) is 5.88 Å². The van der Waals surface area contributed by atoms with Crippen LogP contribution in [-0.2, 0) is 19.5 Å². The van der Waals surface area contributed by atoms with Crippen LogP contribution in [0.4, 0.5) is 16.0 Å². The third-order valence-electron chi connectivity index (χ3n) is 6.91. The Morgan fingerprint density at radius 3 is 2.83 bits per heavy atom. The van der Waals surface area contributed by atoms with Crippen LogP contribution in [0, 0.1) is 12.7 Å². The number of ether oxygens (including phenoxy) is 1. The zero-order chi connectivity index (χ0) is 23.9. The Hall–Kier alpha value is -3.56. The van der Waals surface area contributed by atoms with Crippen molar-refractivity contribution in [1.29, 1.82) is 0 Å². The van der Waals surface area contributed by atoms with Gasteiger partial charge in [-0.3, -0.25) is 4.68 Å². The molecule has 180 valence electrons. The first-order valence-corrected chi connectivity index (χ1v) is 12.0. The molecule has 0 saturated carbocycles. The average Bonchev–Trinajstić information content (AvgIpc) is 2.97. The zero-order valence-electron chi connectivity index (χ0n) is 19.9. The Kier molecular flexibility index (Phi) is 5.58. The van der Waals surface area contributed by atoms with E-state index in [-0.39, 0.29) is 5.82 Å². The second-order valence-corrected chi connectivity index (χ2v) is 9.28. The van der Waals surface area contributed by atoms with Crippen molar-refractivity contribution in [3.05, 3.63) is 59.3 Å². The van der Waals surface area contributed by atoms with Crippen LogP contribution in [0.2, 0.25) is 0 Å². The molecule has 8 nitrogen and oxygen atoms in total. The van der Waals surface area contributed by atoms with Crippen molar-refractivity contribution in [3.63, 3.8) is 0 Å². The van der Waals surface area contributed by atoms with E-state index in [0.29, 0.717) is 30.4 Å². The van der Waals surface area contributed by atoms with E-state index in [1.807, 2.05) is 19.1 Å². The van der Waals surface area contributed by atoms with Crippen molar-refractivity contribution in [2.24, 2.45) is 0 Å². The molecule has 2 aliphatic heterocycles. The van der Waals surface area contributed by atoms with E-state index >= 15 is 4.39 Å². The van der Waals surface area contributed by atoms with E-state index in [4.69, 9.17) is 9.84 Å². The van der Waals surface area contributed by atoms with Crippen molar-refractivity contribution in [2.45, 2.75) is 26.4 Å². The van der Waals surface area contributed by atoms with Gasteiger partial charge in [-0.25, -0.2) is 14.4 Å². The predicted molar refractivity (Wildman–Crippen MR) is 134 cm³/mol. The summed E-state index contributed by atoms with van der Waals surface area (Å²) in [6.07, 6.45) is 4.37. The van der Waals surface area contributed by atoms with Gasteiger partial charge in [0, 0.05) is 78.8 Å². The second kappa shape index (κ2) is 8.90. The van der Waals surface area contributed by atoms with Gasteiger partial charge in [-0.2, -0.15) is 5.10 Å². The van der Waals surface area contributed by atoms with Gasteiger partial charge in [0.05, 0.1) is 6.54 Å². The number of hydrogen-bond acceptors (Lipinski definition) is 7. The van der Waals surface area contributed by atoms with Gasteiger partial charge in [0.25, 0.3) is 0 Å². The Labute approximate surface area is 203 Å². The molecule has 0 radical (unpaired) electrons. The van der Waals surface area contributed by atoms with Gasteiger partial charge >= 0.3 is 0 Å². The van der Waals surface area contributed by atoms with Crippen LogP contribution < -0.4 is 15.4 Å². The van der Waals surface area contributed by atoms with Crippen LogP contribution >= 0.6 is 0 Å². The first kappa shape index (κ1) is 21.9. The Bertz CT molecular complexity index is 1390. The van der Waals surface area contributed by atoms with E-state index in [1.165, 1.54) is 11.8 Å². The summed E-state index contributed by atoms with van der Waals surface area (Å²) in [6, 6.07) is 7.43. The average molecular weight is 474 g/mol. The molecule has 0 atom stereocenters. The normalized spacial score (nSPS) is 16.2. The molecule has 2 N–H and O–H groups in total. The minimum Gasteiger partial charge on any atom is -0.476 e. The SMILES string of the molecule is Cc1c(-c2cc3cc(Nc4cc5n(n4)CCN(C)CC5)ncc3cc2F)cnc2c1CNCCO2. The molecule has 0 saturated heterocycles. The van der Waals surface area contributed by atoms with Gasteiger partial charge in [-0.1, -0.05) is 0 Å². The van der Waals surface area contributed by atoms with Crippen molar-refractivity contribution in [3.8, 4) is 17.0 Å². The molecule has 6 rings (SSSR count). The minimum absolute atomic E-state index is 0.296. The summed E-state index contributed by atoms with van der Waals surface area (Å²) < 4.78 is 23.0. The summed E-state index contributed by atoms with van der Waals surface area (Å²) in [5.74, 6) is 1.78. The first-order chi connectivity index (χ1) is 17.0. The summed E-state index contributed by atoms with van der Waals surface area (Å²) in [5.41, 5.74) is 4.45. The lowest BCUT2D eigenvalue weighted by Gasteiger charge is -2.14. The highest BCUT2D eigenvalue weighted by molar-refractivity contribution is 5.89. The number of pyridine rings is 2. The molecular formula is C26H28FN7O. The molecule has 0 aliphatic carbocycles. The van der Waals surface area contributed by atoms with Crippen LogP contribution in [0.3, 0.4) is 0 Å². The third-order valence-corrected chi connectivity index (χ3v) is 6.91. The maximum atomic E-state index is 15.2. The summed E-state index contributed by atoms with van der Waals surface area (Å²) >= 11 is 0. The number of nitrogens with one attached hydrogen (secondary N) is 2. The highest BCUT2D eigenvalue weighted by Gasteiger charge is 2.19.